The quantitative estimate of drug-likeness (QED) is 0.751. The van der Waals surface area contributed by atoms with Crippen LogP contribution in [0.5, 0.6) is 0 Å². The lowest BCUT2D eigenvalue weighted by Crippen LogP contribution is -2.34. The van der Waals surface area contributed by atoms with E-state index in [1.165, 1.54) is 0 Å². The normalized spacial score (nSPS) is 22.2. The number of hydrogen-bond donors (Lipinski definition) is 1. The van der Waals surface area contributed by atoms with Crippen LogP contribution in [0.25, 0.3) is 0 Å². The fourth-order valence-corrected chi connectivity index (χ4v) is 1.50. The van der Waals surface area contributed by atoms with E-state index >= 15 is 0 Å². The van der Waals surface area contributed by atoms with Gasteiger partial charge in [-0.3, -0.25) is 0 Å². The Kier molecular flexibility index (Phi) is 3.06. The van der Waals surface area contributed by atoms with Gasteiger partial charge in [-0.15, -0.1) is 0 Å². The molecular formula is C10H15N3O. The van der Waals surface area contributed by atoms with Gasteiger partial charge in [-0.05, 0) is 12.5 Å². The highest BCUT2D eigenvalue weighted by atomic mass is 16.5. The van der Waals surface area contributed by atoms with E-state index in [9.17, 15) is 0 Å². The Morgan fingerprint density at radius 2 is 2.57 bits per heavy atom. The summed E-state index contributed by atoms with van der Waals surface area (Å²) >= 11 is 0. The summed E-state index contributed by atoms with van der Waals surface area (Å²) in [6, 6.07) is 1.94. The summed E-state index contributed by atoms with van der Waals surface area (Å²) in [5, 5.41) is 3.27. The van der Waals surface area contributed by atoms with E-state index in [2.05, 4.69) is 22.2 Å². The third-order valence-electron chi connectivity index (χ3n) is 2.31. The monoisotopic (exact) mass is 193 g/mol. The maximum absolute atomic E-state index is 5.58. The second kappa shape index (κ2) is 4.48. The number of ether oxygens (including phenoxy) is 1. The van der Waals surface area contributed by atoms with Gasteiger partial charge >= 0.3 is 0 Å². The summed E-state index contributed by atoms with van der Waals surface area (Å²) in [6.07, 6.45) is 2.77. The molecule has 1 aromatic heterocycles. The van der Waals surface area contributed by atoms with Crippen LogP contribution in [0.1, 0.15) is 24.5 Å². The van der Waals surface area contributed by atoms with E-state index in [1.54, 1.807) is 6.20 Å². The van der Waals surface area contributed by atoms with Crippen LogP contribution in [0.15, 0.2) is 12.3 Å². The molecule has 14 heavy (non-hydrogen) atoms. The lowest BCUT2D eigenvalue weighted by Gasteiger charge is -2.22. The first-order valence-electron chi connectivity index (χ1n) is 5.04. The Morgan fingerprint density at radius 1 is 1.64 bits per heavy atom. The van der Waals surface area contributed by atoms with Gasteiger partial charge in [-0.2, -0.15) is 0 Å². The Morgan fingerprint density at radius 3 is 3.29 bits per heavy atom. The van der Waals surface area contributed by atoms with Crippen molar-refractivity contribution >= 4 is 0 Å². The minimum Gasteiger partial charge on any atom is -0.368 e. The van der Waals surface area contributed by atoms with Crippen molar-refractivity contribution in [3.05, 3.63) is 23.8 Å². The van der Waals surface area contributed by atoms with Crippen LogP contribution in [-0.4, -0.2) is 29.7 Å². The van der Waals surface area contributed by atoms with Crippen LogP contribution >= 0.6 is 0 Å². The second-order valence-electron chi connectivity index (χ2n) is 3.32. The van der Waals surface area contributed by atoms with Crippen molar-refractivity contribution < 1.29 is 4.74 Å². The van der Waals surface area contributed by atoms with Gasteiger partial charge in [0.15, 0.2) is 5.82 Å². The third-order valence-corrected chi connectivity index (χ3v) is 2.31. The molecule has 0 amide bonds. The van der Waals surface area contributed by atoms with Crippen molar-refractivity contribution in [3.63, 3.8) is 0 Å². The van der Waals surface area contributed by atoms with E-state index in [4.69, 9.17) is 4.74 Å². The number of hydrogen-bond acceptors (Lipinski definition) is 4. The summed E-state index contributed by atoms with van der Waals surface area (Å²) < 4.78 is 5.58. The van der Waals surface area contributed by atoms with Crippen molar-refractivity contribution in [2.45, 2.75) is 19.4 Å². The van der Waals surface area contributed by atoms with Gasteiger partial charge in [0.2, 0.25) is 0 Å². The van der Waals surface area contributed by atoms with Gasteiger partial charge in [0.25, 0.3) is 0 Å². The molecule has 2 rings (SSSR count). The summed E-state index contributed by atoms with van der Waals surface area (Å²) in [4.78, 5) is 8.67. The highest BCUT2D eigenvalue weighted by Gasteiger charge is 2.18. The molecule has 1 aliphatic heterocycles. The minimum atomic E-state index is 0.0234. The number of rotatable bonds is 2. The Hall–Kier alpha value is -1.00. The van der Waals surface area contributed by atoms with E-state index in [1.807, 2.05) is 6.07 Å². The molecule has 1 atom stereocenters. The van der Waals surface area contributed by atoms with Gasteiger partial charge in [-0.1, -0.05) is 6.92 Å². The summed E-state index contributed by atoms with van der Waals surface area (Å²) in [6.45, 7) is 4.56. The SMILES string of the molecule is CCc1ccnc(C2CNCCO2)n1. The maximum atomic E-state index is 5.58. The summed E-state index contributed by atoms with van der Waals surface area (Å²) in [7, 11) is 0. The number of nitrogens with one attached hydrogen (secondary N) is 1. The maximum Gasteiger partial charge on any atom is 0.158 e. The van der Waals surface area contributed by atoms with Crippen molar-refractivity contribution in [1.82, 2.24) is 15.3 Å². The summed E-state index contributed by atoms with van der Waals surface area (Å²) in [5.41, 5.74) is 1.07. The standard InChI is InChI=1S/C10H15N3O/c1-2-8-3-4-12-10(13-8)9-7-11-5-6-14-9/h3-4,9,11H,2,5-7H2,1H3. The molecule has 0 bridgehead atoms. The van der Waals surface area contributed by atoms with Crippen molar-refractivity contribution in [3.8, 4) is 0 Å². The number of morpholine rings is 1. The first-order valence-corrected chi connectivity index (χ1v) is 5.04. The molecule has 1 aromatic rings. The van der Waals surface area contributed by atoms with Crippen LogP contribution in [0.2, 0.25) is 0 Å². The molecule has 4 nitrogen and oxygen atoms in total. The van der Waals surface area contributed by atoms with E-state index in [0.717, 1.165) is 37.6 Å². The molecule has 0 aliphatic carbocycles. The average Bonchev–Trinajstić information content (AvgIpc) is 2.30. The number of aryl methyl sites for hydroxylation is 1. The Labute approximate surface area is 83.7 Å². The lowest BCUT2D eigenvalue weighted by molar-refractivity contribution is 0.0220. The number of nitrogens with zero attached hydrogens (tertiary/aromatic N) is 2. The third kappa shape index (κ3) is 2.08. The molecule has 76 valence electrons. The molecule has 2 heterocycles. The lowest BCUT2D eigenvalue weighted by atomic mass is 10.2. The van der Waals surface area contributed by atoms with E-state index in [-0.39, 0.29) is 6.10 Å². The highest BCUT2D eigenvalue weighted by Crippen LogP contribution is 2.14. The van der Waals surface area contributed by atoms with Gasteiger partial charge in [0.1, 0.15) is 6.10 Å². The predicted molar refractivity (Wildman–Crippen MR) is 53.0 cm³/mol. The Balaban J connectivity index is 2.13. The van der Waals surface area contributed by atoms with E-state index < -0.39 is 0 Å². The van der Waals surface area contributed by atoms with Gasteiger partial charge in [0, 0.05) is 25.0 Å². The number of aromatic nitrogens is 2. The zero-order valence-electron chi connectivity index (χ0n) is 8.36. The molecular weight excluding hydrogens is 178 g/mol. The van der Waals surface area contributed by atoms with Crippen molar-refractivity contribution in [2.75, 3.05) is 19.7 Å². The fraction of sp³-hybridized carbons (Fsp3) is 0.600. The van der Waals surface area contributed by atoms with Crippen LogP contribution in [0.4, 0.5) is 0 Å². The topological polar surface area (TPSA) is 47.0 Å². The molecule has 0 spiro atoms. The smallest absolute Gasteiger partial charge is 0.158 e. The average molecular weight is 193 g/mol. The zero-order valence-corrected chi connectivity index (χ0v) is 8.36. The molecule has 1 saturated heterocycles. The Bertz CT molecular complexity index is 297. The summed E-state index contributed by atoms with van der Waals surface area (Å²) in [5.74, 6) is 0.802. The van der Waals surface area contributed by atoms with Crippen LogP contribution < -0.4 is 5.32 Å². The second-order valence-corrected chi connectivity index (χ2v) is 3.32. The minimum absolute atomic E-state index is 0.0234. The molecule has 1 unspecified atom stereocenters. The molecule has 1 aliphatic rings. The predicted octanol–water partition coefficient (Wildman–Crippen LogP) is 0.700. The van der Waals surface area contributed by atoms with Gasteiger partial charge in [0.05, 0.1) is 6.61 Å². The van der Waals surface area contributed by atoms with Crippen molar-refractivity contribution in [2.24, 2.45) is 0 Å². The largest absolute Gasteiger partial charge is 0.368 e. The molecule has 1 N–H and O–H groups in total. The zero-order chi connectivity index (χ0) is 9.80. The fourth-order valence-electron chi connectivity index (χ4n) is 1.50. The van der Waals surface area contributed by atoms with Gasteiger partial charge in [-0.25, -0.2) is 9.97 Å². The van der Waals surface area contributed by atoms with E-state index in [0.29, 0.717) is 0 Å². The van der Waals surface area contributed by atoms with Crippen molar-refractivity contribution in [1.29, 1.82) is 0 Å². The molecule has 0 saturated carbocycles. The molecule has 0 aromatic carbocycles. The molecule has 0 radical (unpaired) electrons. The van der Waals surface area contributed by atoms with Crippen LogP contribution in [0, 0.1) is 0 Å². The highest BCUT2D eigenvalue weighted by molar-refractivity contribution is 5.04. The first kappa shape index (κ1) is 9.55. The van der Waals surface area contributed by atoms with Gasteiger partial charge < -0.3 is 10.1 Å². The van der Waals surface area contributed by atoms with Crippen LogP contribution in [-0.2, 0) is 11.2 Å². The molecule has 1 fully saturated rings. The molecule has 4 heteroatoms. The van der Waals surface area contributed by atoms with Crippen LogP contribution in [0.3, 0.4) is 0 Å². The first-order chi connectivity index (χ1) is 6.90.